The number of esters is 1. The van der Waals surface area contributed by atoms with Crippen molar-refractivity contribution in [2.45, 2.75) is 13.8 Å². The maximum Gasteiger partial charge on any atom is 0.338 e. The average molecular weight is 420 g/mol. The number of anilines is 2. The van der Waals surface area contributed by atoms with E-state index in [-0.39, 0.29) is 5.97 Å². The van der Waals surface area contributed by atoms with Gasteiger partial charge < -0.3 is 14.8 Å². The molecule has 0 spiro atoms. The first-order valence-corrected chi connectivity index (χ1v) is 10.4. The van der Waals surface area contributed by atoms with E-state index in [1.807, 2.05) is 43.3 Å². The highest BCUT2D eigenvalue weighted by atomic mass is 32.1. The van der Waals surface area contributed by atoms with Crippen LogP contribution in [0.5, 0.6) is 5.75 Å². The summed E-state index contributed by atoms with van der Waals surface area (Å²) in [4.78, 5) is 22.0. The summed E-state index contributed by atoms with van der Waals surface area (Å²) in [5, 5.41) is 6.44. The van der Waals surface area contributed by atoms with Gasteiger partial charge in [0, 0.05) is 16.6 Å². The van der Waals surface area contributed by atoms with Crippen LogP contribution in [0.4, 0.5) is 11.5 Å². The largest absolute Gasteiger partial charge is 0.497 e. The highest BCUT2D eigenvalue weighted by molar-refractivity contribution is 7.17. The fourth-order valence-corrected chi connectivity index (χ4v) is 4.16. The number of nitrogens with one attached hydrogen (secondary N) is 1. The van der Waals surface area contributed by atoms with Crippen LogP contribution in [0.2, 0.25) is 0 Å². The third-order valence-corrected chi connectivity index (χ3v) is 5.48. The van der Waals surface area contributed by atoms with Gasteiger partial charge in [-0.1, -0.05) is 12.1 Å². The minimum atomic E-state index is -0.330. The Morgan fingerprint density at radius 2 is 1.80 bits per heavy atom. The van der Waals surface area contributed by atoms with Crippen molar-refractivity contribution in [2.75, 3.05) is 19.0 Å². The van der Waals surface area contributed by atoms with Crippen LogP contribution in [-0.4, -0.2) is 29.7 Å². The summed E-state index contributed by atoms with van der Waals surface area (Å²) in [5.41, 5.74) is 3.47. The zero-order valence-corrected chi connectivity index (χ0v) is 17.7. The number of hydrogen-bond donors (Lipinski definition) is 1. The first kappa shape index (κ1) is 19.8. The molecule has 2 aromatic heterocycles. The van der Waals surface area contributed by atoms with E-state index in [1.165, 1.54) is 0 Å². The quantitative estimate of drug-likeness (QED) is 0.410. The first-order valence-electron chi connectivity index (χ1n) is 9.53. The third-order valence-electron chi connectivity index (χ3n) is 4.61. The van der Waals surface area contributed by atoms with Gasteiger partial charge in [0.05, 0.1) is 24.7 Å². The molecule has 0 atom stereocenters. The van der Waals surface area contributed by atoms with Crippen LogP contribution in [0.25, 0.3) is 21.3 Å². The second-order valence-corrected chi connectivity index (χ2v) is 7.46. The van der Waals surface area contributed by atoms with Crippen molar-refractivity contribution in [2.24, 2.45) is 0 Å². The van der Waals surface area contributed by atoms with Crippen LogP contribution in [0.3, 0.4) is 0 Å². The summed E-state index contributed by atoms with van der Waals surface area (Å²) in [6.45, 7) is 4.02. The molecule has 152 valence electrons. The van der Waals surface area contributed by atoms with Crippen molar-refractivity contribution in [3.63, 3.8) is 0 Å². The topological polar surface area (TPSA) is 73.3 Å². The standard InChI is InChI=1S/C23H21N3O3S/c1-4-29-23(27)16-5-9-17(10-6-16)26-21-20-19(13-30-22(20)25-14(2)24-21)15-7-11-18(28-3)12-8-15/h5-13H,4H2,1-3H3,(H,24,25,26). The minimum Gasteiger partial charge on any atom is -0.497 e. The summed E-state index contributed by atoms with van der Waals surface area (Å²) >= 11 is 1.59. The molecule has 6 nitrogen and oxygen atoms in total. The Balaban J connectivity index is 1.71. The van der Waals surface area contributed by atoms with E-state index in [1.54, 1.807) is 37.5 Å². The van der Waals surface area contributed by atoms with Crippen LogP contribution in [-0.2, 0) is 4.74 Å². The fourth-order valence-electron chi connectivity index (χ4n) is 3.16. The molecule has 30 heavy (non-hydrogen) atoms. The SMILES string of the molecule is CCOC(=O)c1ccc(Nc2nc(C)nc3scc(-c4ccc(OC)cc4)c23)cc1. The second-order valence-electron chi connectivity index (χ2n) is 6.60. The molecule has 4 aromatic rings. The summed E-state index contributed by atoms with van der Waals surface area (Å²) < 4.78 is 10.3. The van der Waals surface area contributed by atoms with Crippen LogP contribution in [0.15, 0.2) is 53.9 Å². The van der Waals surface area contributed by atoms with E-state index in [4.69, 9.17) is 9.47 Å². The Labute approximate surface area is 178 Å². The predicted octanol–water partition coefficient (Wildman–Crippen LogP) is 5.60. The van der Waals surface area contributed by atoms with E-state index in [9.17, 15) is 4.79 Å². The van der Waals surface area contributed by atoms with Crippen molar-refractivity contribution in [1.82, 2.24) is 9.97 Å². The lowest BCUT2D eigenvalue weighted by atomic mass is 10.1. The second kappa shape index (κ2) is 8.51. The summed E-state index contributed by atoms with van der Waals surface area (Å²) in [5.74, 6) is 1.90. The van der Waals surface area contributed by atoms with Crippen molar-refractivity contribution in [3.8, 4) is 16.9 Å². The Morgan fingerprint density at radius 1 is 1.07 bits per heavy atom. The zero-order valence-electron chi connectivity index (χ0n) is 16.9. The van der Waals surface area contributed by atoms with Gasteiger partial charge in [0.2, 0.25) is 0 Å². The Kier molecular flexibility index (Phi) is 5.63. The maximum absolute atomic E-state index is 11.9. The normalized spacial score (nSPS) is 10.8. The van der Waals surface area contributed by atoms with E-state index in [0.29, 0.717) is 18.0 Å². The highest BCUT2D eigenvalue weighted by Crippen LogP contribution is 2.38. The number of carbonyl (C=O) groups is 1. The van der Waals surface area contributed by atoms with Crippen molar-refractivity contribution in [3.05, 3.63) is 65.3 Å². The molecular weight excluding hydrogens is 398 g/mol. The molecule has 7 heteroatoms. The average Bonchev–Trinajstić information content (AvgIpc) is 3.18. The molecule has 0 amide bonds. The van der Waals surface area contributed by atoms with Gasteiger partial charge in [0.25, 0.3) is 0 Å². The molecule has 4 rings (SSSR count). The zero-order chi connectivity index (χ0) is 21.1. The molecule has 0 unspecified atom stereocenters. The van der Waals surface area contributed by atoms with Gasteiger partial charge in [0.15, 0.2) is 0 Å². The summed E-state index contributed by atoms with van der Waals surface area (Å²) in [7, 11) is 1.65. The molecule has 1 N–H and O–H groups in total. The number of methoxy groups -OCH3 is 1. The molecular formula is C23H21N3O3S. The number of ether oxygens (including phenoxy) is 2. The number of benzene rings is 2. The maximum atomic E-state index is 11.9. The first-order chi connectivity index (χ1) is 14.6. The number of aromatic nitrogens is 2. The molecule has 0 aliphatic heterocycles. The molecule has 0 radical (unpaired) electrons. The van der Waals surface area contributed by atoms with Crippen molar-refractivity contribution >= 4 is 39.0 Å². The monoisotopic (exact) mass is 419 g/mol. The fraction of sp³-hybridized carbons (Fsp3) is 0.174. The molecule has 0 saturated carbocycles. The van der Waals surface area contributed by atoms with Gasteiger partial charge in [-0.3, -0.25) is 0 Å². The molecule has 2 aromatic carbocycles. The lowest BCUT2D eigenvalue weighted by Crippen LogP contribution is -2.04. The van der Waals surface area contributed by atoms with E-state index in [0.717, 1.165) is 38.6 Å². The smallest absolute Gasteiger partial charge is 0.338 e. The Bertz CT molecular complexity index is 1190. The van der Waals surface area contributed by atoms with E-state index < -0.39 is 0 Å². The number of carbonyl (C=O) groups excluding carboxylic acids is 1. The van der Waals surface area contributed by atoms with Gasteiger partial charge in [-0.15, -0.1) is 11.3 Å². The molecule has 0 aliphatic carbocycles. The molecule has 0 aliphatic rings. The summed E-state index contributed by atoms with van der Waals surface area (Å²) in [6.07, 6.45) is 0. The molecule has 0 fully saturated rings. The summed E-state index contributed by atoms with van der Waals surface area (Å²) in [6, 6.07) is 15.1. The van der Waals surface area contributed by atoms with Gasteiger partial charge in [0.1, 0.15) is 22.2 Å². The van der Waals surface area contributed by atoms with Crippen LogP contribution < -0.4 is 10.1 Å². The Morgan fingerprint density at radius 3 is 2.47 bits per heavy atom. The van der Waals surface area contributed by atoms with Gasteiger partial charge in [-0.2, -0.15) is 0 Å². The molecule has 0 bridgehead atoms. The molecule has 0 saturated heterocycles. The van der Waals surface area contributed by atoms with Crippen molar-refractivity contribution in [1.29, 1.82) is 0 Å². The van der Waals surface area contributed by atoms with Crippen LogP contribution in [0, 0.1) is 6.92 Å². The molecule has 2 heterocycles. The lowest BCUT2D eigenvalue weighted by Gasteiger charge is -2.10. The van der Waals surface area contributed by atoms with Crippen molar-refractivity contribution < 1.29 is 14.3 Å². The van der Waals surface area contributed by atoms with E-state index >= 15 is 0 Å². The Hall–Kier alpha value is -3.45. The predicted molar refractivity (Wildman–Crippen MR) is 120 cm³/mol. The lowest BCUT2D eigenvalue weighted by molar-refractivity contribution is 0.0526. The van der Waals surface area contributed by atoms with Gasteiger partial charge in [-0.05, 0) is 55.8 Å². The van der Waals surface area contributed by atoms with Gasteiger partial charge >= 0.3 is 5.97 Å². The number of aryl methyl sites for hydroxylation is 1. The van der Waals surface area contributed by atoms with Crippen LogP contribution >= 0.6 is 11.3 Å². The number of thiophene rings is 1. The van der Waals surface area contributed by atoms with Gasteiger partial charge in [-0.25, -0.2) is 14.8 Å². The number of rotatable bonds is 6. The minimum absolute atomic E-state index is 0.330. The number of hydrogen-bond acceptors (Lipinski definition) is 7. The highest BCUT2D eigenvalue weighted by Gasteiger charge is 2.15. The third kappa shape index (κ3) is 3.97. The number of nitrogens with zero attached hydrogens (tertiary/aromatic N) is 2. The van der Waals surface area contributed by atoms with E-state index in [2.05, 4.69) is 20.7 Å². The van der Waals surface area contributed by atoms with Crippen LogP contribution in [0.1, 0.15) is 23.1 Å². The number of fused-ring (bicyclic) bond motifs is 1.